The summed E-state index contributed by atoms with van der Waals surface area (Å²) in [6.45, 7) is 5.04. The van der Waals surface area contributed by atoms with Crippen LogP contribution in [-0.4, -0.2) is 69.2 Å². The summed E-state index contributed by atoms with van der Waals surface area (Å²) in [5.41, 5.74) is 2.85. The molecule has 2 aromatic carbocycles. The highest BCUT2D eigenvalue weighted by Crippen LogP contribution is 2.31. The fraction of sp³-hybridized carbons (Fsp3) is 0.296. The highest BCUT2D eigenvalue weighted by Gasteiger charge is 2.31. The number of anilines is 1. The van der Waals surface area contributed by atoms with Crippen LogP contribution in [0.2, 0.25) is 0 Å². The minimum Gasteiger partial charge on any atom is -0.406 e. The Bertz CT molecular complexity index is 1380. The molecule has 2 aromatic heterocycles. The monoisotopic (exact) mass is 524 g/mol. The number of carbonyl (C=O) groups is 1. The Balaban J connectivity index is 1.26. The van der Waals surface area contributed by atoms with Gasteiger partial charge >= 0.3 is 6.36 Å². The maximum Gasteiger partial charge on any atom is 0.573 e. The standard InChI is InChI=1S/C27H27F3N6O2/c1-19(20-5-3-2-4-6-20)34-13-15-35(16-14-34)24(37)18-32-26-25(33-23-17-31-11-12-36(23)26)21-7-9-22(10-8-21)38-27(28,29)30/h2-12,17,19,32H,13-16,18H2,1H3. The lowest BCUT2D eigenvalue weighted by Crippen LogP contribution is -2.50. The third kappa shape index (κ3) is 5.72. The van der Waals surface area contributed by atoms with Crippen molar-refractivity contribution in [2.24, 2.45) is 0 Å². The molecular formula is C27H27F3N6O2. The van der Waals surface area contributed by atoms with Crippen LogP contribution < -0.4 is 10.1 Å². The van der Waals surface area contributed by atoms with Crippen molar-refractivity contribution in [3.63, 3.8) is 0 Å². The van der Waals surface area contributed by atoms with Crippen LogP contribution in [0.15, 0.2) is 73.2 Å². The summed E-state index contributed by atoms with van der Waals surface area (Å²) in [4.78, 5) is 26.0. The smallest absolute Gasteiger partial charge is 0.406 e. The fourth-order valence-corrected chi connectivity index (χ4v) is 4.66. The molecule has 0 aliphatic carbocycles. The number of ether oxygens (including phenoxy) is 1. The topological polar surface area (TPSA) is 75.0 Å². The first-order valence-corrected chi connectivity index (χ1v) is 12.3. The van der Waals surface area contributed by atoms with Crippen molar-refractivity contribution >= 4 is 17.4 Å². The van der Waals surface area contributed by atoms with Crippen molar-refractivity contribution in [2.75, 3.05) is 38.0 Å². The van der Waals surface area contributed by atoms with Gasteiger partial charge in [0.25, 0.3) is 0 Å². The molecule has 1 atom stereocenters. The summed E-state index contributed by atoms with van der Waals surface area (Å²) in [6, 6.07) is 16.0. The van der Waals surface area contributed by atoms with Crippen LogP contribution in [0.4, 0.5) is 19.0 Å². The number of fused-ring (bicyclic) bond motifs is 1. The quantitative estimate of drug-likeness (QED) is 0.381. The van der Waals surface area contributed by atoms with E-state index in [1.807, 2.05) is 23.1 Å². The van der Waals surface area contributed by atoms with Gasteiger partial charge in [-0.25, -0.2) is 4.98 Å². The third-order valence-corrected chi connectivity index (χ3v) is 6.70. The zero-order valence-electron chi connectivity index (χ0n) is 20.7. The minimum atomic E-state index is -4.77. The molecule has 38 heavy (non-hydrogen) atoms. The van der Waals surface area contributed by atoms with Gasteiger partial charge in [-0.2, -0.15) is 0 Å². The van der Waals surface area contributed by atoms with E-state index in [0.717, 1.165) is 13.1 Å². The number of nitrogens with zero attached hydrogens (tertiary/aromatic N) is 5. The molecule has 1 N–H and O–H groups in total. The number of hydrogen-bond donors (Lipinski definition) is 1. The zero-order valence-corrected chi connectivity index (χ0v) is 20.7. The number of imidazole rings is 1. The second-order valence-corrected chi connectivity index (χ2v) is 9.04. The van der Waals surface area contributed by atoms with E-state index in [2.05, 4.69) is 44.0 Å². The van der Waals surface area contributed by atoms with E-state index in [9.17, 15) is 18.0 Å². The van der Waals surface area contributed by atoms with Crippen LogP contribution in [0, 0.1) is 0 Å². The number of aromatic nitrogens is 3. The predicted molar refractivity (Wildman–Crippen MR) is 137 cm³/mol. The van der Waals surface area contributed by atoms with Crippen molar-refractivity contribution in [3.8, 4) is 17.0 Å². The molecule has 198 valence electrons. The molecule has 1 unspecified atom stereocenters. The second-order valence-electron chi connectivity index (χ2n) is 9.04. The number of carbonyl (C=O) groups excluding carboxylic acids is 1. The van der Waals surface area contributed by atoms with Crippen molar-refractivity contribution in [3.05, 3.63) is 78.8 Å². The number of benzene rings is 2. The number of nitrogens with one attached hydrogen (secondary N) is 1. The Morgan fingerprint density at radius 2 is 1.76 bits per heavy atom. The average Bonchev–Trinajstić information content (AvgIpc) is 3.30. The molecule has 4 aromatic rings. The number of halogens is 3. The number of alkyl halides is 3. The number of hydrogen-bond acceptors (Lipinski definition) is 6. The van der Waals surface area contributed by atoms with Crippen LogP contribution in [-0.2, 0) is 4.79 Å². The van der Waals surface area contributed by atoms with Crippen LogP contribution >= 0.6 is 0 Å². The number of piperazine rings is 1. The van der Waals surface area contributed by atoms with Crippen LogP contribution in [0.1, 0.15) is 18.5 Å². The largest absolute Gasteiger partial charge is 0.573 e. The van der Waals surface area contributed by atoms with Crippen LogP contribution in [0.25, 0.3) is 16.9 Å². The van der Waals surface area contributed by atoms with E-state index in [1.165, 1.54) is 29.8 Å². The van der Waals surface area contributed by atoms with Gasteiger partial charge < -0.3 is 15.0 Å². The lowest BCUT2D eigenvalue weighted by Gasteiger charge is -2.38. The Morgan fingerprint density at radius 3 is 2.45 bits per heavy atom. The van der Waals surface area contributed by atoms with Crippen molar-refractivity contribution in [1.82, 2.24) is 24.2 Å². The summed E-state index contributed by atoms with van der Waals surface area (Å²) < 4.78 is 43.4. The van der Waals surface area contributed by atoms with Gasteiger partial charge in [0.1, 0.15) is 17.3 Å². The van der Waals surface area contributed by atoms with Gasteiger partial charge in [-0.3, -0.25) is 19.1 Å². The van der Waals surface area contributed by atoms with Crippen molar-refractivity contribution < 1.29 is 22.7 Å². The number of amides is 1. The maximum absolute atomic E-state index is 13.1. The molecule has 0 radical (unpaired) electrons. The molecule has 1 aliphatic rings. The third-order valence-electron chi connectivity index (χ3n) is 6.70. The van der Waals surface area contributed by atoms with Gasteiger partial charge in [-0.15, -0.1) is 13.2 Å². The summed E-state index contributed by atoms with van der Waals surface area (Å²) in [5.74, 6) is 0.189. The molecule has 1 saturated heterocycles. The Morgan fingerprint density at radius 1 is 1.05 bits per heavy atom. The van der Waals surface area contributed by atoms with E-state index < -0.39 is 6.36 Å². The molecule has 5 rings (SSSR count). The normalized spacial score (nSPS) is 15.4. The van der Waals surface area contributed by atoms with E-state index in [-0.39, 0.29) is 24.2 Å². The van der Waals surface area contributed by atoms with Gasteiger partial charge in [0, 0.05) is 50.2 Å². The highest BCUT2D eigenvalue weighted by atomic mass is 19.4. The second kappa shape index (κ2) is 10.7. The minimum absolute atomic E-state index is 0.0408. The molecule has 0 saturated carbocycles. The first-order valence-electron chi connectivity index (χ1n) is 12.3. The van der Waals surface area contributed by atoms with Gasteiger partial charge in [0.05, 0.1) is 12.7 Å². The van der Waals surface area contributed by atoms with Gasteiger partial charge in [0.15, 0.2) is 5.65 Å². The summed E-state index contributed by atoms with van der Waals surface area (Å²) in [6.07, 6.45) is 0.113. The molecule has 0 spiro atoms. The first-order chi connectivity index (χ1) is 18.3. The van der Waals surface area contributed by atoms with E-state index in [4.69, 9.17) is 0 Å². The zero-order chi connectivity index (χ0) is 26.7. The summed E-state index contributed by atoms with van der Waals surface area (Å²) in [5, 5.41) is 3.20. The lowest BCUT2D eigenvalue weighted by atomic mass is 10.1. The molecule has 3 heterocycles. The van der Waals surface area contributed by atoms with E-state index in [0.29, 0.717) is 35.8 Å². The molecule has 1 fully saturated rings. The number of rotatable bonds is 7. The van der Waals surface area contributed by atoms with Gasteiger partial charge in [-0.1, -0.05) is 30.3 Å². The SMILES string of the molecule is CC(c1ccccc1)N1CCN(C(=O)CNc2c(-c3ccc(OC(F)(F)F)cc3)nc3cnccn23)CC1. The van der Waals surface area contributed by atoms with Crippen LogP contribution in [0.5, 0.6) is 5.75 Å². The first kappa shape index (κ1) is 25.5. The van der Waals surface area contributed by atoms with Crippen LogP contribution in [0.3, 0.4) is 0 Å². The Labute approximate surface area is 217 Å². The molecule has 11 heteroatoms. The lowest BCUT2D eigenvalue weighted by molar-refractivity contribution is -0.274. The van der Waals surface area contributed by atoms with Crippen molar-refractivity contribution in [2.45, 2.75) is 19.3 Å². The average molecular weight is 525 g/mol. The van der Waals surface area contributed by atoms with Gasteiger partial charge in [0.2, 0.25) is 5.91 Å². The fourth-order valence-electron chi connectivity index (χ4n) is 4.66. The van der Waals surface area contributed by atoms with E-state index in [1.54, 1.807) is 23.0 Å². The van der Waals surface area contributed by atoms with E-state index >= 15 is 0 Å². The predicted octanol–water partition coefficient (Wildman–Crippen LogP) is 4.61. The van der Waals surface area contributed by atoms with Gasteiger partial charge in [-0.05, 0) is 36.8 Å². The molecule has 1 aliphatic heterocycles. The molecule has 8 nitrogen and oxygen atoms in total. The Kier molecular flexibility index (Phi) is 7.19. The Hall–Kier alpha value is -4.12. The molecule has 1 amide bonds. The van der Waals surface area contributed by atoms with Crippen molar-refractivity contribution in [1.29, 1.82) is 0 Å². The summed E-state index contributed by atoms with van der Waals surface area (Å²) >= 11 is 0. The maximum atomic E-state index is 13.1. The molecule has 0 bridgehead atoms. The molecular weight excluding hydrogens is 497 g/mol. The highest BCUT2D eigenvalue weighted by molar-refractivity contribution is 5.84. The summed E-state index contributed by atoms with van der Waals surface area (Å²) in [7, 11) is 0.